The van der Waals surface area contributed by atoms with Crippen LogP contribution in [-0.4, -0.2) is 39.6 Å². The second-order valence-corrected chi connectivity index (χ2v) is 4.81. The van der Waals surface area contributed by atoms with E-state index in [1.807, 2.05) is 19.0 Å². The van der Waals surface area contributed by atoms with Crippen molar-refractivity contribution in [1.82, 2.24) is 5.32 Å². The number of nitrogens with one attached hydrogen (secondary N) is 1. The molecule has 0 aliphatic carbocycles. The van der Waals surface area contributed by atoms with E-state index in [2.05, 4.69) is 5.32 Å². The molecular weight excluding hydrogens is 316 g/mol. The molecule has 0 unspecified atom stereocenters. The lowest BCUT2D eigenvalue weighted by Crippen LogP contribution is -2.42. The van der Waals surface area contributed by atoms with E-state index >= 15 is 0 Å². The van der Waals surface area contributed by atoms with E-state index < -0.39 is 0 Å². The number of anilines is 2. The monoisotopic (exact) mass is 337 g/mol. The molecule has 0 fully saturated rings. The molecular formula is C14H22Cl2FN3O. The summed E-state index contributed by atoms with van der Waals surface area (Å²) >= 11 is 0. The zero-order valence-electron chi connectivity index (χ0n) is 12.3. The number of halogens is 3. The molecule has 0 atom stereocenters. The van der Waals surface area contributed by atoms with Crippen LogP contribution in [0.1, 0.15) is 12.8 Å². The standard InChI is InChI=1S/C14H20FN3O.2ClH/c1-16-7-3-4-14(19)18-9-8-17(2)13-10-11(15)5-6-12(13)18;;/h5-6,10,16H,3-4,7-9H2,1-2H3;2*1H. The summed E-state index contributed by atoms with van der Waals surface area (Å²) in [5.74, 6) is -0.161. The summed E-state index contributed by atoms with van der Waals surface area (Å²) in [6, 6.07) is 4.59. The number of fused-ring (bicyclic) bond motifs is 1. The Bertz CT molecular complexity index is 474. The molecule has 1 aromatic rings. The van der Waals surface area contributed by atoms with Crippen molar-refractivity contribution in [2.75, 3.05) is 43.5 Å². The summed E-state index contributed by atoms with van der Waals surface area (Å²) in [4.78, 5) is 16.0. The number of likely N-dealkylation sites (N-methyl/N-ethyl adjacent to an activating group) is 1. The molecule has 1 aliphatic rings. The highest BCUT2D eigenvalue weighted by molar-refractivity contribution is 5.97. The Morgan fingerprint density at radius 3 is 2.67 bits per heavy atom. The fourth-order valence-corrected chi connectivity index (χ4v) is 2.33. The van der Waals surface area contributed by atoms with Crippen LogP contribution in [0.4, 0.5) is 15.8 Å². The summed E-state index contributed by atoms with van der Waals surface area (Å²) < 4.78 is 13.3. The van der Waals surface area contributed by atoms with Crippen LogP contribution in [0, 0.1) is 5.82 Å². The molecule has 120 valence electrons. The Kier molecular flexibility index (Phi) is 8.63. The third-order valence-corrected chi connectivity index (χ3v) is 3.42. The zero-order chi connectivity index (χ0) is 13.8. The number of amides is 1. The van der Waals surface area contributed by atoms with Gasteiger partial charge in [-0.15, -0.1) is 24.8 Å². The molecule has 0 saturated heterocycles. The summed E-state index contributed by atoms with van der Waals surface area (Å²) in [6.07, 6.45) is 1.33. The van der Waals surface area contributed by atoms with Crippen molar-refractivity contribution in [3.63, 3.8) is 0 Å². The lowest BCUT2D eigenvalue weighted by molar-refractivity contribution is -0.118. The summed E-state index contributed by atoms with van der Waals surface area (Å²) in [5, 5.41) is 3.03. The minimum atomic E-state index is -0.268. The van der Waals surface area contributed by atoms with Gasteiger partial charge in [0.2, 0.25) is 5.91 Å². The van der Waals surface area contributed by atoms with Gasteiger partial charge in [0.05, 0.1) is 11.4 Å². The first-order valence-electron chi connectivity index (χ1n) is 6.59. The fourth-order valence-electron chi connectivity index (χ4n) is 2.33. The van der Waals surface area contributed by atoms with Crippen molar-refractivity contribution in [3.8, 4) is 0 Å². The summed E-state index contributed by atoms with van der Waals surface area (Å²) in [5.41, 5.74) is 1.60. The van der Waals surface area contributed by atoms with Gasteiger partial charge in [0.15, 0.2) is 0 Å². The molecule has 1 heterocycles. The van der Waals surface area contributed by atoms with Crippen molar-refractivity contribution in [2.24, 2.45) is 0 Å². The van der Waals surface area contributed by atoms with Crippen LogP contribution in [-0.2, 0) is 4.79 Å². The third-order valence-electron chi connectivity index (χ3n) is 3.42. The number of rotatable bonds is 4. The second kappa shape index (κ2) is 9.07. The van der Waals surface area contributed by atoms with E-state index in [1.165, 1.54) is 12.1 Å². The van der Waals surface area contributed by atoms with E-state index in [-0.39, 0.29) is 36.5 Å². The Morgan fingerprint density at radius 2 is 2.00 bits per heavy atom. The zero-order valence-corrected chi connectivity index (χ0v) is 13.9. The van der Waals surface area contributed by atoms with Gasteiger partial charge in [-0.25, -0.2) is 4.39 Å². The second-order valence-electron chi connectivity index (χ2n) is 4.81. The number of carbonyl (C=O) groups is 1. The molecule has 1 aromatic carbocycles. The summed E-state index contributed by atoms with van der Waals surface area (Å²) in [7, 11) is 3.79. The van der Waals surface area contributed by atoms with Gasteiger partial charge in [-0.05, 0) is 38.2 Å². The van der Waals surface area contributed by atoms with E-state index in [9.17, 15) is 9.18 Å². The maximum atomic E-state index is 13.3. The van der Waals surface area contributed by atoms with Crippen molar-refractivity contribution in [1.29, 1.82) is 0 Å². The predicted molar refractivity (Wildman–Crippen MR) is 89.7 cm³/mol. The van der Waals surface area contributed by atoms with Gasteiger partial charge in [0.25, 0.3) is 0 Å². The van der Waals surface area contributed by atoms with Crippen LogP contribution in [0.3, 0.4) is 0 Å². The maximum Gasteiger partial charge on any atom is 0.227 e. The Balaban J connectivity index is 0.00000200. The molecule has 0 spiro atoms. The molecule has 21 heavy (non-hydrogen) atoms. The van der Waals surface area contributed by atoms with Gasteiger partial charge in [-0.1, -0.05) is 0 Å². The molecule has 0 bridgehead atoms. The molecule has 2 rings (SSSR count). The van der Waals surface area contributed by atoms with Gasteiger partial charge < -0.3 is 15.1 Å². The molecule has 0 saturated carbocycles. The molecule has 1 aliphatic heterocycles. The number of benzene rings is 1. The molecule has 7 heteroatoms. The third kappa shape index (κ3) is 4.73. The van der Waals surface area contributed by atoms with E-state index in [4.69, 9.17) is 0 Å². The van der Waals surface area contributed by atoms with Gasteiger partial charge in [-0.2, -0.15) is 0 Å². The van der Waals surface area contributed by atoms with Crippen LogP contribution in [0.5, 0.6) is 0 Å². The number of nitrogens with zero attached hydrogens (tertiary/aromatic N) is 2. The normalized spacial score (nSPS) is 13.1. The van der Waals surface area contributed by atoms with Crippen LogP contribution < -0.4 is 15.1 Å². The Morgan fingerprint density at radius 1 is 1.29 bits per heavy atom. The Hall–Kier alpha value is -1.04. The van der Waals surface area contributed by atoms with Gasteiger partial charge in [0, 0.05) is 26.6 Å². The highest BCUT2D eigenvalue weighted by atomic mass is 35.5. The number of hydrogen-bond acceptors (Lipinski definition) is 3. The minimum Gasteiger partial charge on any atom is -0.371 e. The molecule has 0 radical (unpaired) electrons. The smallest absolute Gasteiger partial charge is 0.227 e. The summed E-state index contributed by atoms with van der Waals surface area (Å²) in [6.45, 7) is 2.22. The molecule has 1 N–H and O–H groups in total. The SMILES string of the molecule is CNCCCC(=O)N1CCN(C)c2cc(F)ccc21.Cl.Cl. The van der Waals surface area contributed by atoms with Gasteiger partial charge in [0.1, 0.15) is 5.82 Å². The average Bonchev–Trinajstić information content (AvgIpc) is 2.40. The van der Waals surface area contributed by atoms with E-state index in [1.54, 1.807) is 11.0 Å². The van der Waals surface area contributed by atoms with Crippen molar-refractivity contribution >= 4 is 42.1 Å². The first kappa shape index (κ1) is 20.0. The van der Waals surface area contributed by atoms with Crippen molar-refractivity contribution < 1.29 is 9.18 Å². The van der Waals surface area contributed by atoms with Crippen LogP contribution >= 0.6 is 24.8 Å². The lowest BCUT2D eigenvalue weighted by atomic mass is 10.1. The quantitative estimate of drug-likeness (QED) is 0.857. The van der Waals surface area contributed by atoms with E-state index in [0.29, 0.717) is 13.0 Å². The first-order chi connectivity index (χ1) is 9.13. The average molecular weight is 338 g/mol. The van der Waals surface area contributed by atoms with Gasteiger partial charge >= 0.3 is 0 Å². The van der Waals surface area contributed by atoms with Crippen molar-refractivity contribution in [2.45, 2.75) is 12.8 Å². The van der Waals surface area contributed by atoms with E-state index in [0.717, 1.165) is 30.9 Å². The minimum absolute atomic E-state index is 0. The maximum absolute atomic E-state index is 13.3. The molecule has 1 amide bonds. The van der Waals surface area contributed by atoms with Crippen LogP contribution in [0.25, 0.3) is 0 Å². The number of hydrogen-bond donors (Lipinski definition) is 1. The molecule has 0 aromatic heterocycles. The largest absolute Gasteiger partial charge is 0.371 e. The Labute approximate surface area is 137 Å². The highest BCUT2D eigenvalue weighted by Crippen LogP contribution is 2.33. The van der Waals surface area contributed by atoms with Crippen LogP contribution in [0.15, 0.2) is 18.2 Å². The molecule has 4 nitrogen and oxygen atoms in total. The predicted octanol–water partition coefficient (Wildman–Crippen LogP) is 2.45. The topological polar surface area (TPSA) is 35.6 Å². The number of carbonyl (C=O) groups excluding carboxylic acids is 1. The fraction of sp³-hybridized carbons (Fsp3) is 0.500. The van der Waals surface area contributed by atoms with Gasteiger partial charge in [-0.3, -0.25) is 4.79 Å². The lowest BCUT2D eigenvalue weighted by Gasteiger charge is -2.35. The van der Waals surface area contributed by atoms with Crippen LogP contribution in [0.2, 0.25) is 0 Å². The van der Waals surface area contributed by atoms with Crippen molar-refractivity contribution in [3.05, 3.63) is 24.0 Å². The first-order valence-corrected chi connectivity index (χ1v) is 6.59. The highest BCUT2D eigenvalue weighted by Gasteiger charge is 2.24.